The molecule has 0 saturated heterocycles. The molecule has 2 aliphatic rings. The second-order valence-electron chi connectivity index (χ2n) is 6.63. The predicted octanol–water partition coefficient (Wildman–Crippen LogP) is 4.00. The van der Waals surface area contributed by atoms with Crippen molar-refractivity contribution in [2.24, 2.45) is 5.92 Å². The fourth-order valence-electron chi connectivity index (χ4n) is 4.16. The van der Waals surface area contributed by atoms with Crippen molar-refractivity contribution in [1.82, 2.24) is 9.55 Å². The normalized spacial score (nSPS) is 20.1. The molecule has 1 aliphatic carbocycles. The topological polar surface area (TPSA) is 44.1 Å². The Hall–Kier alpha value is -2.10. The minimum absolute atomic E-state index is 0.0621. The summed E-state index contributed by atoms with van der Waals surface area (Å²) in [6.07, 6.45) is 10.1. The fourth-order valence-corrected chi connectivity index (χ4v) is 4.16. The number of aromatic nitrogens is 2. The molecular weight excluding hydrogens is 288 g/mol. The van der Waals surface area contributed by atoms with E-state index in [0.29, 0.717) is 12.2 Å². The van der Waals surface area contributed by atoms with Gasteiger partial charge in [0, 0.05) is 17.9 Å². The number of benzene rings is 1. The monoisotopic (exact) mass is 310 g/mol. The predicted molar refractivity (Wildman–Crippen MR) is 88.6 cm³/mol. The van der Waals surface area contributed by atoms with Crippen LogP contribution in [-0.2, 0) is 4.79 Å². The van der Waals surface area contributed by atoms with Crippen molar-refractivity contribution in [2.75, 3.05) is 7.11 Å². The highest BCUT2D eigenvalue weighted by molar-refractivity contribution is 5.84. The molecule has 2 aromatic rings. The van der Waals surface area contributed by atoms with Crippen LogP contribution in [0.4, 0.5) is 0 Å². The molecule has 23 heavy (non-hydrogen) atoms. The van der Waals surface area contributed by atoms with Crippen LogP contribution in [-0.4, -0.2) is 22.4 Å². The highest BCUT2D eigenvalue weighted by Gasteiger charge is 2.34. The van der Waals surface area contributed by atoms with E-state index < -0.39 is 0 Å². The first-order valence-electron chi connectivity index (χ1n) is 8.51. The Morgan fingerprint density at radius 2 is 2.13 bits per heavy atom. The van der Waals surface area contributed by atoms with E-state index in [4.69, 9.17) is 4.74 Å². The molecule has 1 fully saturated rings. The number of ketones is 1. The summed E-state index contributed by atoms with van der Waals surface area (Å²) in [6.45, 7) is 0. The third-order valence-corrected chi connectivity index (χ3v) is 5.35. The molecule has 4 nitrogen and oxygen atoms in total. The fraction of sp³-hybridized carbons (Fsp3) is 0.474. The Kier molecular flexibility index (Phi) is 3.68. The Morgan fingerprint density at radius 3 is 2.91 bits per heavy atom. The zero-order chi connectivity index (χ0) is 15.8. The number of imidazole rings is 1. The first kappa shape index (κ1) is 14.5. The first-order chi connectivity index (χ1) is 11.3. The molecule has 4 rings (SSSR count). The average Bonchev–Trinajstić information content (AvgIpc) is 3.18. The Labute approximate surface area is 136 Å². The Balaban J connectivity index is 1.67. The van der Waals surface area contributed by atoms with Gasteiger partial charge in [-0.25, -0.2) is 4.98 Å². The van der Waals surface area contributed by atoms with Crippen molar-refractivity contribution in [3.05, 3.63) is 36.3 Å². The van der Waals surface area contributed by atoms with Gasteiger partial charge in [0.15, 0.2) is 0 Å². The standard InChI is InChI=1S/C19H22N2O2/c1-23-18-9-5-8-14-15(21-12-20-11-16(21)19(14)18)10-17(22)13-6-3-2-4-7-13/h5,8-9,11-13,15H,2-4,6-7,10H2,1H3/t15-/m0/s1. The molecule has 1 aromatic heterocycles. The van der Waals surface area contributed by atoms with E-state index >= 15 is 0 Å². The maximum Gasteiger partial charge on any atom is 0.138 e. The summed E-state index contributed by atoms with van der Waals surface area (Å²) in [5.74, 6) is 1.52. The molecule has 0 radical (unpaired) electrons. The van der Waals surface area contributed by atoms with Gasteiger partial charge in [0.05, 0.1) is 31.4 Å². The van der Waals surface area contributed by atoms with Crippen LogP contribution in [0.15, 0.2) is 30.7 Å². The van der Waals surface area contributed by atoms with Crippen LogP contribution in [0.5, 0.6) is 5.75 Å². The molecule has 2 heterocycles. The SMILES string of the molecule is COc1cccc2c1-c1cncn1[C@H]2CC(=O)C1CCCCC1. The van der Waals surface area contributed by atoms with Crippen molar-refractivity contribution < 1.29 is 9.53 Å². The first-order valence-corrected chi connectivity index (χ1v) is 8.51. The van der Waals surface area contributed by atoms with E-state index in [1.165, 1.54) is 24.8 Å². The molecule has 0 N–H and O–H groups in total. The van der Waals surface area contributed by atoms with E-state index in [-0.39, 0.29) is 12.0 Å². The molecule has 0 bridgehead atoms. The number of rotatable bonds is 4. The van der Waals surface area contributed by atoms with Gasteiger partial charge in [-0.2, -0.15) is 0 Å². The summed E-state index contributed by atoms with van der Waals surface area (Å²) in [6, 6.07) is 6.16. The van der Waals surface area contributed by atoms with E-state index in [9.17, 15) is 4.79 Å². The molecule has 0 unspecified atom stereocenters. The summed E-state index contributed by atoms with van der Waals surface area (Å²) < 4.78 is 7.66. The summed E-state index contributed by atoms with van der Waals surface area (Å²) in [4.78, 5) is 17.1. The summed E-state index contributed by atoms with van der Waals surface area (Å²) in [5, 5.41) is 0. The van der Waals surface area contributed by atoms with Gasteiger partial charge in [-0.05, 0) is 24.5 Å². The summed E-state index contributed by atoms with van der Waals surface area (Å²) in [7, 11) is 1.69. The zero-order valence-electron chi connectivity index (χ0n) is 13.5. The second kappa shape index (κ2) is 5.84. The number of carbonyl (C=O) groups excluding carboxylic acids is 1. The molecule has 1 atom stereocenters. The number of nitrogens with zero attached hydrogens (tertiary/aromatic N) is 2. The molecule has 1 saturated carbocycles. The number of hydrogen-bond donors (Lipinski definition) is 0. The van der Waals surface area contributed by atoms with Crippen LogP contribution < -0.4 is 4.74 Å². The minimum atomic E-state index is 0.0621. The van der Waals surface area contributed by atoms with Crippen LogP contribution in [0.25, 0.3) is 11.3 Å². The highest BCUT2D eigenvalue weighted by Crippen LogP contribution is 2.46. The second-order valence-corrected chi connectivity index (χ2v) is 6.63. The van der Waals surface area contributed by atoms with Gasteiger partial charge < -0.3 is 9.30 Å². The van der Waals surface area contributed by atoms with E-state index in [2.05, 4.69) is 15.6 Å². The lowest BCUT2D eigenvalue weighted by molar-refractivity contribution is -0.124. The summed E-state index contributed by atoms with van der Waals surface area (Å²) >= 11 is 0. The van der Waals surface area contributed by atoms with Gasteiger partial charge in [0.2, 0.25) is 0 Å². The van der Waals surface area contributed by atoms with Crippen LogP contribution >= 0.6 is 0 Å². The molecular formula is C19H22N2O2. The van der Waals surface area contributed by atoms with Gasteiger partial charge in [-0.1, -0.05) is 31.4 Å². The number of methoxy groups -OCH3 is 1. The van der Waals surface area contributed by atoms with Gasteiger partial charge in [0.1, 0.15) is 11.5 Å². The Bertz CT molecular complexity index is 729. The molecule has 0 spiro atoms. The lowest BCUT2D eigenvalue weighted by atomic mass is 9.83. The molecule has 120 valence electrons. The number of Topliss-reactive ketones (excluding diaryl/α,β-unsaturated/α-hetero) is 1. The largest absolute Gasteiger partial charge is 0.496 e. The third kappa shape index (κ3) is 2.37. The minimum Gasteiger partial charge on any atom is -0.496 e. The number of fused-ring (bicyclic) bond motifs is 3. The number of carbonyl (C=O) groups is 1. The van der Waals surface area contributed by atoms with Gasteiger partial charge >= 0.3 is 0 Å². The van der Waals surface area contributed by atoms with Crippen molar-refractivity contribution in [2.45, 2.75) is 44.6 Å². The quantitative estimate of drug-likeness (QED) is 0.857. The van der Waals surface area contributed by atoms with Crippen LogP contribution in [0.2, 0.25) is 0 Å². The zero-order valence-corrected chi connectivity index (χ0v) is 13.5. The van der Waals surface area contributed by atoms with Crippen molar-refractivity contribution in [1.29, 1.82) is 0 Å². The lowest BCUT2D eigenvalue weighted by Gasteiger charge is -2.22. The Morgan fingerprint density at radius 1 is 1.30 bits per heavy atom. The van der Waals surface area contributed by atoms with E-state index in [1.807, 2.05) is 24.7 Å². The molecule has 1 aromatic carbocycles. The highest BCUT2D eigenvalue weighted by atomic mass is 16.5. The molecule has 4 heteroatoms. The maximum atomic E-state index is 12.8. The van der Waals surface area contributed by atoms with Crippen LogP contribution in [0.1, 0.15) is 50.1 Å². The van der Waals surface area contributed by atoms with Crippen molar-refractivity contribution in [3.8, 4) is 17.0 Å². The smallest absolute Gasteiger partial charge is 0.138 e. The van der Waals surface area contributed by atoms with Crippen LogP contribution in [0.3, 0.4) is 0 Å². The number of ether oxygens (including phenoxy) is 1. The maximum absolute atomic E-state index is 12.8. The summed E-state index contributed by atoms with van der Waals surface area (Å²) in [5.41, 5.74) is 3.33. The molecule has 0 amide bonds. The molecule has 1 aliphatic heterocycles. The van der Waals surface area contributed by atoms with Gasteiger partial charge in [0.25, 0.3) is 0 Å². The van der Waals surface area contributed by atoms with Gasteiger partial charge in [-0.15, -0.1) is 0 Å². The van der Waals surface area contributed by atoms with Crippen molar-refractivity contribution in [3.63, 3.8) is 0 Å². The van der Waals surface area contributed by atoms with Crippen molar-refractivity contribution >= 4 is 5.78 Å². The number of hydrogen-bond acceptors (Lipinski definition) is 3. The van der Waals surface area contributed by atoms with Gasteiger partial charge in [-0.3, -0.25) is 4.79 Å². The average molecular weight is 310 g/mol. The third-order valence-electron chi connectivity index (χ3n) is 5.35. The lowest BCUT2D eigenvalue weighted by Crippen LogP contribution is -2.21. The van der Waals surface area contributed by atoms with Crippen LogP contribution in [0, 0.1) is 5.92 Å². The van der Waals surface area contributed by atoms with E-state index in [0.717, 1.165) is 29.8 Å². The van der Waals surface area contributed by atoms with E-state index in [1.54, 1.807) is 7.11 Å².